The van der Waals surface area contributed by atoms with Crippen molar-refractivity contribution in [2.24, 2.45) is 0 Å². The van der Waals surface area contributed by atoms with E-state index in [0.29, 0.717) is 12.0 Å². The fourth-order valence-corrected chi connectivity index (χ4v) is 4.98. The topological polar surface area (TPSA) is 49.4 Å². The highest BCUT2D eigenvalue weighted by Gasteiger charge is 2.32. The van der Waals surface area contributed by atoms with Gasteiger partial charge in [0.2, 0.25) is 11.8 Å². The number of hydrogen-bond donors (Lipinski definition) is 1. The molecule has 0 spiro atoms. The van der Waals surface area contributed by atoms with Crippen molar-refractivity contribution in [3.05, 3.63) is 107 Å². The van der Waals surface area contributed by atoms with Gasteiger partial charge in [0.05, 0.1) is 6.42 Å². The normalized spacial score (nSPS) is 14.7. The lowest BCUT2D eigenvalue weighted by atomic mass is 9.94. The molecule has 188 valence electrons. The molecular weight excluding hydrogens is 451 g/mol. The summed E-state index contributed by atoms with van der Waals surface area (Å²) >= 11 is 0. The van der Waals surface area contributed by atoms with Crippen LogP contribution in [0.5, 0.6) is 0 Å². The van der Waals surface area contributed by atoms with Gasteiger partial charge < -0.3 is 10.2 Å². The van der Waals surface area contributed by atoms with Crippen LogP contribution in [-0.4, -0.2) is 28.8 Å². The molecule has 2 amide bonds. The zero-order chi connectivity index (χ0) is 25.3. The van der Waals surface area contributed by atoms with Gasteiger partial charge in [0, 0.05) is 24.6 Å². The minimum atomic E-state index is -0.745. The minimum Gasteiger partial charge on any atom is -0.352 e. The van der Waals surface area contributed by atoms with Crippen molar-refractivity contribution < 1.29 is 14.0 Å². The van der Waals surface area contributed by atoms with E-state index in [2.05, 4.69) is 5.32 Å². The number of amides is 2. The maximum absolute atomic E-state index is 14.7. The first-order valence-electron chi connectivity index (χ1n) is 12.9. The SMILES string of the molecule is Cc1ccccc1CC(=O)N(Cc1ccccc1F)[C@H](Cc1ccccc1)C(=O)NC1CCCCC1. The summed E-state index contributed by atoms with van der Waals surface area (Å²) in [7, 11) is 0. The van der Waals surface area contributed by atoms with Crippen LogP contribution in [0.25, 0.3) is 0 Å². The van der Waals surface area contributed by atoms with Crippen molar-refractivity contribution >= 4 is 11.8 Å². The molecule has 1 N–H and O–H groups in total. The Bertz CT molecular complexity index is 1160. The first-order valence-corrected chi connectivity index (χ1v) is 12.9. The third-order valence-electron chi connectivity index (χ3n) is 7.12. The van der Waals surface area contributed by atoms with E-state index >= 15 is 0 Å². The van der Waals surface area contributed by atoms with E-state index < -0.39 is 6.04 Å². The molecule has 1 aliphatic carbocycles. The molecule has 0 heterocycles. The summed E-state index contributed by atoms with van der Waals surface area (Å²) < 4.78 is 14.7. The predicted octanol–water partition coefficient (Wildman–Crippen LogP) is 5.77. The van der Waals surface area contributed by atoms with Gasteiger partial charge in [-0.25, -0.2) is 4.39 Å². The molecule has 3 aromatic rings. The fraction of sp³-hybridized carbons (Fsp3) is 0.355. The van der Waals surface area contributed by atoms with Crippen LogP contribution in [0, 0.1) is 12.7 Å². The van der Waals surface area contributed by atoms with Crippen LogP contribution < -0.4 is 5.32 Å². The van der Waals surface area contributed by atoms with Crippen molar-refractivity contribution in [3.8, 4) is 0 Å². The number of carbonyl (C=O) groups is 2. The molecule has 0 aliphatic heterocycles. The average Bonchev–Trinajstić information content (AvgIpc) is 2.89. The van der Waals surface area contributed by atoms with Gasteiger partial charge in [-0.2, -0.15) is 0 Å². The number of rotatable bonds is 9. The summed E-state index contributed by atoms with van der Waals surface area (Å²) in [6.07, 6.45) is 5.81. The summed E-state index contributed by atoms with van der Waals surface area (Å²) in [4.78, 5) is 29.2. The quantitative estimate of drug-likeness (QED) is 0.418. The van der Waals surface area contributed by atoms with Gasteiger partial charge in [0.1, 0.15) is 11.9 Å². The summed E-state index contributed by atoms with van der Waals surface area (Å²) in [5.74, 6) is -0.732. The molecular formula is C31H35FN2O2. The Kier molecular flexibility index (Phi) is 8.88. The third kappa shape index (κ3) is 6.81. The zero-order valence-electron chi connectivity index (χ0n) is 21.0. The number of hydrogen-bond acceptors (Lipinski definition) is 2. The molecule has 4 nitrogen and oxygen atoms in total. The fourth-order valence-electron chi connectivity index (χ4n) is 4.98. The molecule has 0 bridgehead atoms. The van der Waals surface area contributed by atoms with Gasteiger partial charge in [-0.1, -0.05) is 92.1 Å². The Morgan fingerprint density at radius 2 is 1.53 bits per heavy atom. The minimum absolute atomic E-state index is 0.0347. The van der Waals surface area contributed by atoms with Crippen LogP contribution in [0.4, 0.5) is 4.39 Å². The van der Waals surface area contributed by atoms with Gasteiger partial charge in [0.15, 0.2) is 0 Å². The molecule has 1 fully saturated rings. The highest BCUT2D eigenvalue weighted by molar-refractivity contribution is 5.89. The Morgan fingerprint density at radius 1 is 0.889 bits per heavy atom. The molecule has 36 heavy (non-hydrogen) atoms. The third-order valence-corrected chi connectivity index (χ3v) is 7.12. The van der Waals surface area contributed by atoms with Crippen molar-refractivity contribution in [1.82, 2.24) is 10.2 Å². The first kappa shape index (κ1) is 25.6. The van der Waals surface area contributed by atoms with Gasteiger partial charge in [-0.05, 0) is 42.5 Å². The van der Waals surface area contributed by atoms with Crippen molar-refractivity contribution in [3.63, 3.8) is 0 Å². The van der Waals surface area contributed by atoms with Gasteiger partial charge in [0.25, 0.3) is 0 Å². The Labute approximate surface area is 213 Å². The molecule has 0 aromatic heterocycles. The molecule has 3 aromatic carbocycles. The molecule has 4 rings (SSSR count). The maximum atomic E-state index is 14.7. The van der Waals surface area contributed by atoms with E-state index in [1.165, 1.54) is 12.5 Å². The maximum Gasteiger partial charge on any atom is 0.243 e. The lowest BCUT2D eigenvalue weighted by Gasteiger charge is -2.33. The van der Waals surface area contributed by atoms with E-state index in [1.54, 1.807) is 23.1 Å². The summed E-state index contributed by atoms with van der Waals surface area (Å²) in [6, 6.07) is 23.3. The smallest absolute Gasteiger partial charge is 0.243 e. The molecule has 0 unspecified atom stereocenters. The van der Waals surface area contributed by atoms with Crippen LogP contribution in [0.15, 0.2) is 78.9 Å². The van der Waals surface area contributed by atoms with Crippen LogP contribution in [-0.2, 0) is 29.0 Å². The van der Waals surface area contributed by atoms with E-state index in [0.717, 1.165) is 42.4 Å². The van der Waals surface area contributed by atoms with Crippen LogP contribution in [0.1, 0.15) is 54.4 Å². The van der Waals surface area contributed by atoms with Gasteiger partial charge in [-0.15, -0.1) is 0 Å². The summed E-state index contributed by atoms with van der Waals surface area (Å²) in [5.41, 5.74) is 3.29. The number of nitrogens with one attached hydrogen (secondary N) is 1. The number of aryl methyl sites for hydroxylation is 1. The monoisotopic (exact) mass is 486 g/mol. The number of nitrogens with zero attached hydrogens (tertiary/aromatic N) is 1. The molecule has 1 saturated carbocycles. The van der Waals surface area contributed by atoms with Gasteiger partial charge >= 0.3 is 0 Å². The van der Waals surface area contributed by atoms with Crippen LogP contribution in [0.2, 0.25) is 0 Å². The van der Waals surface area contributed by atoms with Crippen LogP contribution >= 0.6 is 0 Å². The highest BCUT2D eigenvalue weighted by Crippen LogP contribution is 2.21. The lowest BCUT2D eigenvalue weighted by molar-refractivity contribution is -0.141. The van der Waals surface area contributed by atoms with Crippen molar-refractivity contribution in [2.45, 2.75) is 70.5 Å². The molecule has 0 saturated heterocycles. The number of benzene rings is 3. The lowest BCUT2D eigenvalue weighted by Crippen LogP contribution is -2.53. The summed E-state index contributed by atoms with van der Waals surface area (Å²) in [5, 5.41) is 3.22. The van der Waals surface area contributed by atoms with Crippen molar-refractivity contribution in [1.29, 1.82) is 0 Å². The largest absolute Gasteiger partial charge is 0.352 e. The molecule has 0 radical (unpaired) electrons. The van der Waals surface area contributed by atoms with Crippen LogP contribution in [0.3, 0.4) is 0 Å². The molecule has 1 atom stereocenters. The predicted molar refractivity (Wildman–Crippen MR) is 141 cm³/mol. The van der Waals surface area contributed by atoms with Crippen molar-refractivity contribution in [2.75, 3.05) is 0 Å². The molecule has 1 aliphatic rings. The highest BCUT2D eigenvalue weighted by atomic mass is 19.1. The van der Waals surface area contributed by atoms with E-state index in [1.807, 2.05) is 61.5 Å². The first-order chi connectivity index (χ1) is 17.5. The van der Waals surface area contributed by atoms with E-state index in [4.69, 9.17) is 0 Å². The van der Waals surface area contributed by atoms with Gasteiger partial charge in [-0.3, -0.25) is 9.59 Å². The second-order valence-electron chi connectivity index (χ2n) is 9.77. The van der Waals surface area contributed by atoms with E-state index in [9.17, 15) is 14.0 Å². The Morgan fingerprint density at radius 3 is 2.22 bits per heavy atom. The summed E-state index contributed by atoms with van der Waals surface area (Å²) in [6.45, 7) is 2.01. The zero-order valence-corrected chi connectivity index (χ0v) is 21.0. The standard InChI is InChI=1S/C31H35FN2O2/c1-23-12-8-9-15-25(23)21-30(35)34(22-26-16-10-11-19-28(26)32)29(20-24-13-4-2-5-14-24)31(36)33-27-17-6-3-7-18-27/h2,4-5,8-16,19,27,29H,3,6-7,17-18,20-22H2,1H3,(H,33,36)/t29-/m1/s1. The number of carbonyl (C=O) groups excluding carboxylic acids is 2. The Hall–Kier alpha value is -3.47. The Balaban J connectivity index is 1.67. The second-order valence-corrected chi connectivity index (χ2v) is 9.77. The second kappa shape index (κ2) is 12.5. The molecule has 5 heteroatoms. The van der Waals surface area contributed by atoms with E-state index in [-0.39, 0.29) is 36.6 Å². The average molecular weight is 487 g/mol. The number of halogens is 1.